The van der Waals surface area contributed by atoms with Crippen molar-refractivity contribution in [2.45, 2.75) is 12.0 Å². The number of nitrogens with zero attached hydrogens (tertiary/aromatic N) is 1. The van der Waals surface area contributed by atoms with Crippen molar-refractivity contribution in [1.82, 2.24) is 4.90 Å². The Balaban J connectivity index is 1.73. The average molecular weight is 485 g/mol. The first-order valence-electron chi connectivity index (χ1n) is 11.2. The number of rotatable bonds is 5. The summed E-state index contributed by atoms with van der Waals surface area (Å²) in [4.78, 5) is 27.1. The van der Waals surface area contributed by atoms with E-state index >= 15 is 0 Å². The second kappa shape index (κ2) is 8.75. The van der Waals surface area contributed by atoms with Crippen LogP contribution in [0.4, 0.5) is 4.79 Å². The molecule has 0 bridgehead atoms. The summed E-state index contributed by atoms with van der Waals surface area (Å²) in [6, 6.07) is 7.34. The van der Waals surface area contributed by atoms with Crippen LogP contribution in [-0.4, -0.2) is 65.8 Å². The molecule has 0 saturated carbocycles. The highest BCUT2D eigenvalue weighted by molar-refractivity contribution is 5.79. The van der Waals surface area contributed by atoms with Crippen molar-refractivity contribution >= 4 is 12.1 Å². The number of benzene rings is 2. The van der Waals surface area contributed by atoms with Gasteiger partial charge in [-0.25, -0.2) is 4.79 Å². The van der Waals surface area contributed by atoms with Crippen LogP contribution in [-0.2, 0) is 14.3 Å². The van der Waals surface area contributed by atoms with Gasteiger partial charge in [0.1, 0.15) is 6.10 Å². The van der Waals surface area contributed by atoms with Crippen LogP contribution in [0.1, 0.15) is 28.7 Å². The molecule has 186 valence electrons. The third-order valence-corrected chi connectivity index (χ3v) is 6.76. The maximum atomic E-state index is 13.1. The molecule has 0 spiro atoms. The van der Waals surface area contributed by atoms with Crippen LogP contribution in [0.5, 0.6) is 28.7 Å². The van der Waals surface area contributed by atoms with Gasteiger partial charge < -0.3 is 38.1 Å². The molecule has 1 aliphatic carbocycles. The molecule has 0 N–H and O–H groups in total. The third-order valence-electron chi connectivity index (χ3n) is 6.76. The fourth-order valence-electron chi connectivity index (χ4n) is 5.16. The van der Waals surface area contributed by atoms with Gasteiger partial charge in [0.25, 0.3) is 0 Å². The molecular formula is C25H27NO9. The zero-order valence-corrected chi connectivity index (χ0v) is 20.2. The SMILES string of the molecule is COc1cc(C2c3cc4c(cc3C(OC(=O)N(C)C)C3COC(=O)C23)OCO4)cc(OC)c1OC. The molecule has 1 amide bonds. The van der Waals surface area contributed by atoms with E-state index in [0.717, 1.165) is 16.7 Å². The zero-order chi connectivity index (χ0) is 24.9. The smallest absolute Gasteiger partial charge is 0.409 e. The molecule has 4 unspecified atom stereocenters. The van der Waals surface area contributed by atoms with E-state index in [2.05, 4.69) is 0 Å². The van der Waals surface area contributed by atoms with E-state index in [1.807, 2.05) is 24.3 Å². The van der Waals surface area contributed by atoms with Crippen LogP contribution in [0.3, 0.4) is 0 Å². The standard InChI is InChI=1S/C25H27NO9/c1-26(2)25(28)35-22-14-9-17-16(33-11-34-17)8-13(14)20(21-15(22)10-32-24(21)27)12-6-18(29-3)23(31-5)19(7-12)30-4/h6-9,15,20-22H,10-11H2,1-5H3. The maximum Gasteiger partial charge on any atom is 0.409 e. The number of carbonyl (C=O) groups excluding carboxylic acids is 2. The Hall–Kier alpha value is -3.82. The third kappa shape index (κ3) is 3.64. The van der Waals surface area contributed by atoms with Gasteiger partial charge in [0, 0.05) is 31.5 Å². The van der Waals surface area contributed by atoms with Crippen molar-refractivity contribution in [2.75, 3.05) is 48.8 Å². The lowest BCUT2D eigenvalue weighted by Crippen LogP contribution is -2.38. The number of hydrogen-bond donors (Lipinski definition) is 0. The lowest BCUT2D eigenvalue weighted by atomic mass is 9.66. The van der Waals surface area contributed by atoms with Gasteiger partial charge >= 0.3 is 12.1 Å². The normalized spacial score (nSPS) is 23.6. The summed E-state index contributed by atoms with van der Waals surface area (Å²) in [6.07, 6.45) is -1.22. The van der Waals surface area contributed by atoms with Crippen LogP contribution in [0, 0.1) is 11.8 Å². The first-order chi connectivity index (χ1) is 16.9. The predicted molar refractivity (Wildman–Crippen MR) is 121 cm³/mol. The van der Waals surface area contributed by atoms with Crippen LogP contribution < -0.4 is 23.7 Å². The number of hydrogen-bond acceptors (Lipinski definition) is 9. The van der Waals surface area contributed by atoms with E-state index in [1.165, 1.54) is 26.2 Å². The Morgan fingerprint density at radius 3 is 2.11 bits per heavy atom. The molecule has 5 rings (SSSR count). The summed E-state index contributed by atoms with van der Waals surface area (Å²) in [7, 11) is 7.83. The van der Waals surface area contributed by atoms with E-state index in [1.54, 1.807) is 14.1 Å². The molecule has 0 radical (unpaired) electrons. The monoisotopic (exact) mass is 485 g/mol. The number of carbonyl (C=O) groups is 2. The molecule has 2 aromatic carbocycles. The number of methoxy groups -OCH3 is 3. The van der Waals surface area contributed by atoms with E-state index < -0.39 is 30.0 Å². The van der Waals surface area contributed by atoms with Crippen LogP contribution in [0.25, 0.3) is 0 Å². The highest BCUT2D eigenvalue weighted by Gasteiger charge is 2.54. The molecule has 2 aromatic rings. The van der Waals surface area contributed by atoms with Crippen LogP contribution in [0.15, 0.2) is 24.3 Å². The number of fused-ring (bicyclic) bond motifs is 3. The average Bonchev–Trinajstić information content (AvgIpc) is 3.48. The molecule has 1 fully saturated rings. The molecule has 10 nitrogen and oxygen atoms in total. The van der Waals surface area contributed by atoms with Gasteiger partial charge in [0.2, 0.25) is 12.5 Å². The minimum atomic E-state index is -0.705. The van der Waals surface area contributed by atoms with Crippen molar-refractivity contribution in [3.63, 3.8) is 0 Å². The lowest BCUT2D eigenvalue weighted by molar-refractivity contribution is -0.141. The quantitative estimate of drug-likeness (QED) is 0.591. The van der Waals surface area contributed by atoms with E-state index in [0.29, 0.717) is 28.7 Å². The first kappa shape index (κ1) is 22.9. The summed E-state index contributed by atoms with van der Waals surface area (Å²) in [5.41, 5.74) is 2.29. The zero-order valence-electron chi connectivity index (χ0n) is 20.2. The Morgan fingerprint density at radius 1 is 0.914 bits per heavy atom. The Bertz CT molecular complexity index is 1150. The Labute approximate surface area is 202 Å². The predicted octanol–water partition coefficient (Wildman–Crippen LogP) is 3.12. The van der Waals surface area contributed by atoms with Crippen molar-refractivity contribution in [3.8, 4) is 28.7 Å². The van der Waals surface area contributed by atoms with Gasteiger partial charge in [-0.1, -0.05) is 0 Å². The van der Waals surface area contributed by atoms with Crippen LogP contribution in [0.2, 0.25) is 0 Å². The fraction of sp³-hybridized carbons (Fsp3) is 0.440. The second-order valence-corrected chi connectivity index (χ2v) is 8.79. The minimum Gasteiger partial charge on any atom is -0.493 e. The molecule has 3 aliphatic rings. The summed E-state index contributed by atoms with van der Waals surface area (Å²) >= 11 is 0. The van der Waals surface area contributed by atoms with Gasteiger partial charge in [-0.2, -0.15) is 0 Å². The second-order valence-electron chi connectivity index (χ2n) is 8.79. The van der Waals surface area contributed by atoms with Crippen molar-refractivity contribution in [2.24, 2.45) is 11.8 Å². The summed E-state index contributed by atoms with van der Waals surface area (Å²) < 4.78 is 39.3. The molecule has 35 heavy (non-hydrogen) atoms. The Kier molecular flexibility index (Phi) is 5.74. The maximum absolute atomic E-state index is 13.1. The number of esters is 1. The van der Waals surface area contributed by atoms with Gasteiger partial charge in [0.15, 0.2) is 23.0 Å². The molecule has 2 aliphatic heterocycles. The molecule has 2 heterocycles. The summed E-state index contributed by atoms with van der Waals surface area (Å²) in [5, 5.41) is 0. The van der Waals surface area contributed by atoms with E-state index in [9.17, 15) is 9.59 Å². The molecule has 10 heteroatoms. The van der Waals surface area contributed by atoms with E-state index in [-0.39, 0.29) is 19.4 Å². The largest absolute Gasteiger partial charge is 0.493 e. The summed E-state index contributed by atoms with van der Waals surface area (Å²) in [6.45, 7) is 0.216. The molecule has 0 aromatic heterocycles. The van der Waals surface area contributed by atoms with Gasteiger partial charge in [-0.3, -0.25) is 4.79 Å². The summed E-state index contributed by atoms with van der Waals surface area (Å²) in [5.74, 6) is 0.690. The highest BCUT2D eigenvalue weighted by Crippen LogP contribution is 2.56. The molecule has 4 atom stereocenters. The van der Waals surface area contributed by atoms with Crippen molar-refractivity contribution in [3.05, 3.63) is 41.0 Å². The number of cyclic esters (lactones) is 1. The number of amides is 1. The highest BCUT2D eigenvalue weighted by atomic mass is 16.7. The van der Waals surface area contributed by atoms with Crippen molar-refractivity contribution < 1.29 is 42.7 Å². The van der Waals surface area contributed by atoms with E-state index in [4.69, 9.17) is 33.2 Å². The minimum absolute atomic E-state index is 0.0874. The Morgan fingerprint density at radius 2 is 1.54 bits per heavy atom. The molecule has 1 saturated heterocycles. The van der Waals surface area contributed by atoms with Crippen LogP contribution >= 0.6 is 0 Å². The fourth-order valence-corrected chi connectivity index (χ4v) is 5.16. The van der Waals surface area contributed by atoms with Gasteiger partial charge in [-0.15, -0.1) is 0 Å². The lowest BCUT2D eigenvalue weighted by Gasteiger charge is -2.39. The molecular weight excluding hydrogens is 458 g/mol. The number of ether oxygens (including phenoxy) is 7. The van der Waals surface area contributed by atoms with Gasteiger partial charge in [-0.05, 0) is 35.4 Å². The first-order valence-corrected chi connectivity index (χ1v) is 11.2. The van der Waals surface area contributed by atoms with Gasteiger partial charge in [0.05, 0.1) is 33.9 Å². The van der Waals surface area contributed by atoms with Crippen molar-refractivity contribution in [1.29, 1.82) is 0 Å². The topological polar surface area (TPSA) is 102 Å².